The molecule has 3 atom stereocenters. The van der Waals surface area contributed by atoms with Crippen molar-refractivity contribution in [2.24, 2.45) is 0 Å². The third-order valence-electron chi connectivity index (χ3n) is 10.2. The predicted octanol–water partition coefficient (Wildman–Crippen LogP) is 4.80. The molecule has 11 nitrogen and oxygen atoms in total. The lowest BCUT2D eigenvalue weighted by molar-refractivity contribution is -0.253. The number of hydrogen-bond donors (Lipinski definition) is 4. The van der Waals surface area contributed by atoms with Crippen molar-refractivity contribution < 1.29 is 34.1 Å². The number of likely N-dealkylation sites (tertiary alicyclic amines) is 1. The van der Waals surface area contributed by atoms with E-state index in [1.54, 1.807) is 0 Å². The van der Waals surface area contributed by atoms with Gasteiger partial charge in [0.15, 0.2) is 6.29 Å². The molecule has 11 heteroatoms. The molecule has 50 heavy (non-hydrogen) atoms. The first kappa shape index (κ1) is 35.5. The van der Waals surface area contributed by atoms with Crippen molar-refractivity contribution in [2.45, 2.75) is 88.6 Å². The molecule has 2 amide bonds. The molecule has 0 aliphatic carbocycles. The maximum Gasteiger partial charge on any atom is 0.303 e. The lowest BCUT2D eigenvalue weighted by Gasteiger charge is -2.45. The molecule has 3 heterocycles. The van der Waals surface area contributed by atoms with E-state index in [2.05, 4.69) is 32.6 Å². The van der Waals surface area contributed by atoms with Gasteiger partial charge in [-0.25, -0.2) is 0 Å². The molecule has 0 radical (unpaired) electrons. The van der Waals surface area contributed by atoms with Gasteiger partial charge < -0.3 is 40.1 Å². The van der Waals surface area contributed by atoms with Gasteiger partial charge in [0.05, 0.1) is 25.5 Å². The Balaban J connectivity index is 1.08. The minimum Gasteiger partial charge on any atom is -0.481 e. The molecule has 0 unspecified atom stereocenters. The maximum atomic E-state index is 13.2. The number of carbonyl (C=O) groups excluding carboxylic acids is 2. The molecule has 6 rings (SSSR count). The van der Waals surface area contributed by atoms with Crippen LogP contribution in [0.5, 0.6) is 0 Å². The van der Waals surface area contributed by atoms with Crippen LogP contribution in [0.3, 0.4) is 0 Å². The number of amides is 2. The smallest absolute Gasteiger partial charge is 0.303 e. The van der Waals surface area contributed by atoms with Gasteiger partial charge in [-0.3, -0.25) is 14.4 Å². The molecule has 3 aliphatic heterocycles. The van der Waals surface area contributed by atoms with E-state index in [0.29, 0.717) is 51.9 Å². The first-order valence-electron chi connectivity index (χ1n) is 17.7. The molecule has 4 N–H and O–H groups in total. The molecular weight excluding hydrogens is 636 g/mol. The number of unbranched alkanes of at least 4 members (excludes halogenated alkanes) is 2. The van der Waals surface area contributed by atoms with E-state index in [9.17, 15) is 19.5 Å². The van der Waals surface area contributed by atoms with Crippen molar-refractivity contribution in [3.05, 3.63) is 101 Å². The Morgan fingerprint density at radius 2 is 1.54 bits per heavy atom. The minimum absolute atomic E-state index is 0.0179. The fourth-order valence-corrected chi connectivity index (χ4v) is 7.28. The highest BCUT2D eigenvalue weighted by Crippen LogP contribution is 2.40. The van der Waals surface area contributed by atoms with Gasteiger partial charge in [-0.1, -0.05) is 73.2 Å². The number of nitrogens with one attached hydrogen (secondary N) is 2. The second kappa shape index (κ2) is 16.6. The summed E-state index contributed by atoms with van der Waals surface area (Å²) in [4.78, 5) is 40.8. The standard InChI is InChI=1S/C39H48N4O7/c44-26-29-13-15-30(16-14-29)34-23-33(25-42-21-19-39(20-22-42)38(48)41-27-43(39)32-7-3-1-4-8-32)49-37(50-34)31-17-11-28(12-18-31)24-40-35(45)9-5-2-6-10-36(46)47/h1,3-4,7-8,11-18,33-34,37,44H,2,5-6,9-10,19-27H2,(H,40,45)(H,41,48)(H,46,47)/t33-,34+,37+/m0/s1. The molecule has 266 valence electrons. The SMILES string of the molecule is O=C(O)CCCCCC(=O)NCc1ccc([C@@H]2O[C@H](CN3CCC4(CC3)C(=O)NCN4c3ccccc3)C[C@H](c3ccc(CO)cc3)O2)cc1. The lowest BCUT2D eigenvalue weighted by Crippen LogP contribution is -2.57. The summed E-state index contributed by atoms with van der Waals surface area (Å²) in [5.41, 5.74) is 4.23. The molecule has 0 saturated carbocycles. The van der Waals surface area contributed by atoms with Crippen molar-refractivity contribution in [2.75, 3.05) is 31.2 Å². The summed E-state index contributed by atoms with van der Waals surface area (Å²) < 4.78 is 13.2. The first-order valence-corrected chi connectivity index (χ1v) is 17.7. The Morgan fingerprint density at radius 3 is 2.24 bits per heavy atom. The molecular formula is C39H48N4O7. The number of benzene rings is 3. The van der Waals surface area contributed by atoms with Gasteiger partial charge in [-0.05, 0) is 54.5 Å². The number of anilines is 1. The third-order valence-corrected chi connectivity index (χ3v) is 10.2. The zero-order valence-corrected chi connectivity index (χ0v) is 28.5. The number of hydrogen-bond acceptors (Lipinski definition) is 8. The van der Waals surface area contributed by atoms with E-state index < -0.39 is 17.8 Å². The fourth-order valence-electron chi connectivity index (χ4n) is 7.28. The first-order chi connectivity index (χ1) is 24.3. The van der Waals surface area contributed by atoms with Crippen LogP contribution in [-0.2, 0) is 37.0 Å². The highest BCUT2D eigenvalue weighted by Gasteiger charge is 2.50. The minimum atomic E-state index is -0.809. The van der Waals surface area contributed by atoms with E-state index in [1.165, 1.54) is 0 Å². The third kappa shape index (κ3) is 8.70. The Bertz CT molecular complexity index is 1580. The van der Waals surface area contributed by atoms with Gasteiger partial charge in [-0.15, -0.1) is 0 Å². The second-order valence-electron chi connectivity index (χ2n) is 13.6. The van der Waals surface area contributed by atoms with E-state index in [0.717, 1.165) is 53.9 Å². The van der Waals surface area contributed by atoms with Gasteiger partial charge >= 0.3 is 5.97 Å². The van der Waals surface area contributed by atoms with Crippen LogP contribution in [0.1, 0.15) is 86.0 Å². The van der Waals surface area contributed by atoms with Gasteiger partial charge in [0.1, 0.15) is 5.54 Å². The van der Waals surface area contributed by atoms with Crippen LogP contribution >= 0.6 is 0 Å². The number of aliphatic hydroxyl groups excluding tert-OH is 1. The number of carboxylic acid groups (broad SMARTS) is 1. The zero-order valence-electron chi connectivity index (χ0n) is 28.5. The van der Waals surface area contributed by atoms with Crippen molar-refractivity contribution in [3.63, 3.8) is 0 Å². The average Bonchev–Trinajstić information content (AvgIpc) is 3.46. The number of nitrogens with zero attached hydrogens (tertiary/aromatic N) is 2. The normalized spacial score (nSPS) is 22.0. The van der Waals surface area contributed by atoms with Gasteiger partial charge in [0.25, 0.3) is 0 Å². The Morgan fingerprint density at radius 1 is 0.860 bits per heavy atom. The number of para-hydroxylation sites is 1. The van der Waals surface area contributed by atoms with Crippen LogP contribution in [0, 0.1) is 0 Å². The lowest BCUT2D eigenvalue weighted by atomic mass is 9.85. The quantitative estimate of drug-likeness (QED) is 0.176. The van der Waals surface area contributed by atoms with Crippen LogP contribution in [-0.4, -0.2) is 70.8 Å². The van der Waals surface area contributed by atoms with Crippen molar-refractivity contribution in [1.29, 1.82) is 0 Å². The Hall–Kier alpha value is -4.29. The summed E-state index contributed by atoms with van der Waals surface area (Å²) in [5, 5.41) is 24.4. The Kier molecular flexibility index (Phi) is 11.8. The monoisotopic (exact) mass is 684 g/mol. The highest BCUT2D eigenvalue weighted by molar-refractivity contribution is 5.93. The number of ether oxygens (including phenoxy) is 2. The van der Waals surface area contributed by atoms with E-state index in [4.69, 9.17) is 14.6 Å². The van der Waals surface area contributed by atoms with Crippen LogP contribution in [0.25, 0.3) is 0 Å². The zero-order chi connectivity index (χ0) is 34.9. The van der Waals surface area contributed by atoms with Gasteiger partial charge in [0.2, 0.25) is 11.8 Å². The van der Waals surface area contributed by atoms with Crippen molar-refractivity contribution >= 4 is 23.5 Å². The summed E-state index contributed by atoms with van der Waals surface area (Å²) in [6.45, 7) is 3.18. The predicted molar refractivity (Wildman–Crippen MR) is 188 cm³/mol. The van der Waals surface area contributed by atoms with E-state index in [-0.39, 0.29) is 37.0 Å². The summed E-state index contributed by atoms with van der Waals surface area (Å²) in [6, 6.07) is 25.9. The molecule has 0 bridgehead atoms. The van der Waals surface area contributed by atoms with Crippen LogP contribution < -0.4 is 15.5 Å². The highest BCUT2D eigenvalue weighted by atomic mass is 16.7. The number of rotatable bonds is 14. The number of carbonyl (C=O) groups is 3. The van der Waals surface area contributed by atoms with Gasteiger partial charge in [0, 0.05) is 56.7 Å². The number of aliphatic carboxylic acids is 1. The molecule has 3 aromatic carbocycles. The number of piperidine rings is 1. The van der Waals surface area contributed by atoms with Crippen LogP contribution in [0.2, 0.25) is 0 Å². The number of carboxylic acids is 1. The molecule has 3 aliphatic rings. The molecule has 3 fully saturated rings. The van der Waals surface area contributed by atoms with Gasteiger partial charge in [-0.2, -0.15) is 0 Å². The summed E-state index contributed by atoms with van der Waals surface area (Å²) >= 11 is 0. The largest absolute Gasteiger partial charge is 0.481 e. The van der Waals surface area contributed by atoms with E-state index >= 15 is 0 Å². The molecule has 3 saturated heterocycles. The van der Waals surface area contributed by atoms with Crippen LogP contribution in [0.15, 0.2) is 78.9 Å². The molecule has 1 spiro atoms. The van der Waals surface area contributed by atoms with Crippen LogP contribution in [0.4, 0.5) is 5.69 Å². The summed E-state index contributed by atoms with van der Waals surface area (Å²) in [7, 11) is 0. The molecule has 3 aromatic rings. The maximum absolute atomic E-state index is 13.2. The Labute approximate surface area is 293 Å². The second-order valence-corrected chi connectivity index (χ2v) is 13.6. The van der Waals surface area contributed by atoms with Crippen molar-refractivity contribution in [3.8, 4) is 0 Å². The van der Waals surface area contributed by atoms with E-state index in [1.807, 2.05) is 66.7 Å². The van der Waals surface area contributed by atoms with Crippen molar-refractivity contribution in [1.82, 2.24) is 15.5 Å². The molecule has 0 aromatic heterocycles. The fraction of sp³-hybridized carbons (Fsp3) is 0.462. The summed E-state index contributed by atoms with van der Waals surface area (Å²) in [5.74, 6) is -0.756. The topological polar surface area (TPSA) is 141 Å². The average molecular weight is 685 g/mol. The number of aliphatic hydroxyl groups is 1. The summed E-state index contributed by atoms with van der Waals surface area (Å²) in [6.07, 6.45) is 3.70.